The van der Waals surface area contributed by atoms with Crippen LogP contribution < -0.4 is 10.6 Å². The minimum atomic E-state index is -0.268. The number of thioether (sulfide) groups is 1. The second kappa shape index (κ2) is 8.48. The molecule has 2 amide bonds. The van der Waals surface area contributed by atoms with Crippen LogP contribution in [0.1, 0.15) is 13.8 Å². The van der Waals surface area contributed by atoms with Gasteiger partial charge >= 0.3 is 0 Å². The Morgan fingerprint density at radius 3 is 2.54 bits per heavy atom. The molecule has 0 saturated heterocycles. The smallest absolute Gasteiger partial charge is 0.239 e. The van der Waals surface area contributed by atoms with Gasteiger partial charge in [0.2, 0.25) is 11.8 Å². The first kappa shape index (κ1) is 18.6. The van der Waals surface area contributed by atoms with Crippen LogP contribution in [-0.4, -0.2) is 22.0 Å². The van der Waals surface area contributed by atoms with E-state index in [0.717, 1.165) is 21.2 Å². The van der Waals surface area contributed by atoms with Crippen molar-refractivity contribution in [2.24, 2.45) is 0 Å². The summed E-state index contributed by atoms with van der Waals surface area (Å²) in [5.41, 5.74) is 1.62. The molecule has 0 aliphatic carbocycles. The second-order valence-electron chi connectivity index (χ2n) is 5.47. The predicted molar refractivity (Wildman–Crippen MR) is 110 cm³/mol. The van der Waals surface area contributed by atoms with E-state index in [1.54, 1.807) is 11.3 Å². The standard InChI is InChI=1S/C18H17N3O2S3/c1-11(26-14-7-5-13(6-8-14)19-12(2)22)17(23)21-18-20-15(10-25-18)16-4-3-9-24-16/h3-11H,1-2H3,(H,19,22)(H,20,21,23). The van der Waals surface area contributed by atoms with E-state index >= 15 is 0 Å². The molecule has 1 unspecified atom stereocenters. The maximum absolute atomic E-state index is 12.4. The molecule has 2 N–H and O–H groups in total. The van der Waals surface area contributed by atoms with Crippen molar-refractivity contribution in [2.45, 2.75) is 24.0 Å². The molecular weight excluding hydrogens is 386 g/mol. The Kier molecular flexibility index (Phi) is 6.08. The van der Waals surface area contributed by atoms with E-state index < -0.39 is 0 Å². The third kappa shape index (κ3) is 4.94. The van der Waals surface area contributed by atoms with Gasteiger partial charge in [-0.15, -0.1) is 34.4 Å². The maximum atomic E-state index is 12.4. The number of anilines is 2. The average molecular weight is 404 g/mol. The molecule has 26 heavy (non-hydrogen) atoms. The van der Waals surface area contributed by atoms with Gasteiger partial charge in [-0.1, -0.05) is 6.07 Å². The van der Waals surface area contributed by atoms with Crippen LogP contribution in [0.2, 0.25) is 0 Å². The van der Waals surface area contributed by atoms with Crippen LogP contribution in [0, 0.1) is 0 Å². The lowest BCUT2D eigenvalue weighted by Gasteiger charge is -2.11. The minimum Gasteiger partial charge on any atom is -0.326 e. The number of carbonyl (C=O) groups is 2. The molecule has 134 valence electrons. The Balaban J connectivity index is 1.57. The van der Waals surface area contributed by atoms with Crippen LogP contribution in [0.15, 0.2) is 52.1 Å². The summed E-state index contributed by atoms with van der Waals surface area (Å²) in [6.07, 6.45) is 0. The zero-order chi connectivity index (χ0) is 18.5. The molecule has 3 rings (SSSR count). The topological polar surface area (TPSA) is 71.1 Å². The number of amides is 2. The monoisotopic (exact) mass is 403 g/mol. The molecule has 2 aromatic heterocycles. The molecule has 8 heteroatoms. The predicted octanol–water partition coefficient (Wildman–Crippen LogP) is 4.95. The Hall–Kier alpha value is -2.16. The van der Waals surface area contributed by atoms with Crippen LogP contribution in [0.5, 0.6) is 0 Å². The highest BCUT2D eigenvalue weighted by atomic mass is 32.2. The summed E-state index contributed by atoms with van der Waals surface area (Å²) in [4.78, 5) is 30.0. The van der Waals surface area contributed by atoms with E-state index in [4.69, 9.17) is 0 Å². The Morgan fingerprint density at radius 1 is 1.12 bits per heavy atom. The molecule has 1 atom stereocenters. The Bertz CT molecular complexity index is 889. The summed E-state index contributed by atoms with van der Waals surface area (Å²) in [5, 5.41) is 9.88. The lowest BCUT2D eigenvalue weighted by Crippen LogP contribution is -2.22. The number of hydrogen-bond donors (Lipinski definition) is 2. The van der Waals surface area contributed by atoms with Gasteiger partial charge in [-0.3, -0.25) is 9.59 Å². The van der Waals surface area contributed by atoms with Gasteiger partial charge in [0.1, 0.15) is 0 Å². The third-order valence-electron chi connectivity index (χ3n) is 3.36. The summed E-state index contributed by atoms with van der Waals surface area (Å²) in [6.45, 7) is 3.33. The van der Waals surface area contributed by atoms with Gasteiger partial charge in [-0.05, 0) is 42.6 Å². The zero-order valence-electron chi connectivity index (χ0n) is 14.2. The summed E-state index contributed by atoms with van der Waals surface area (Å²) in [6, 6.07) is 11.4. The van der Waals surface area contributed by atoms with Crippen molar-refractivity contribution in [1.82, 2.24) is 4.98 Å². The first-order chi connectivity index (χ1) is 12.5. The van der Waals surface area contributed by atoms with Gasteiger partial charge in [0.15, 0.2) is 5.13 Å². The fourth-order valence-corrected chi connectivity index (χ4v) is 4.50. The first-order valence-electron chi connectivity index (χ1n) is 7.86. The zero-order valence-corrected chi connectivity index (χ0v) is 16.6. The number of nitrogens with zero attached hydrogens (tertiary/aromatic N) is 1. The van der Waals surface area contributed by atoms with Crippen molar-refractivity contribution in [2.75, 3.05) is 10.6 Å². The molecule has 0 aliphatic heterocycles. The number of thiophene rings is 1. The average Bonchev–Trinajstić information content (AvgIpc) is 3.27. The van der Waals surface area contributed by atoms with Crippen LogP contribution in [0.4, 0.5) is 10.8 Å². The molecule has 2 heterocycles. The van der Waals surface area contributed by atoms with Crippen molar-refractivity contribution >= 4 is 57.1 Å². The molecule has 0 fully saturated rings. The molecular formula is C18H17N3O2S3. The van der Waals surface area contributed by atoms with E-state index in [2.05, 4.69) is 15.6 Å². The third-order valence-corrected chi connectivity index (χ3v) is 6.13. The Morgan fingerprint density at radius 2 is 1.88 bits per heavy atom. The SMILES string of the molecule is CC(=O)Nc1ccc(SC(C)C(=O)Nc2nc(-c3cccs3)cs2)cc1. The first-order valence-corrected chi connectivity index (χ1v) is 10.5. The molecule has 1 aromatic carbocycles. The van der Waals surface area contributed by atoms with Gasteiger partial charge in [-0.25, -0.2) is 4.98 Å². The summed E-state index contributed by atoms with van der Waals surface area (Å²) < 4.78 is 0. The minimum absolute atomic E-state index is 0.0898. The van der Waals surface area contributed by atoms with Crippen molar-refractivity contribution in [3.8, 4) is 10.6 Å². The largest absolute Gasteiger partial charge is 0.326 e. The number of nitrogens with one attached hydrogen (secondary N) is 2. The van der Waals surface area contributed by atoms with Gasteiger partial charge in [0.05, 0.1) is 15.8 Å². The lowest BCUT2D eigenvalue weighted by atomic mass is 10.3. The number of hydrogen-bond acceptors (Lipinski definition) is 6. The number of rotatable bonds is 6. The van der Waals surface area contributed by atoms with Crippen LogP contribution >= 0.6 is 34.4 Å². The lowest BCUT2D eigenvalue weighted by molar-refractivity contribution is -0.115. The van der Waals surface area contributed by atoms with E-state index in [9.17, 15) is 9.59 Å². The number of aromatic nitrogens is 1. The van der Waals surface area contributed by atoms with Gasteiger partial charge in [-0.2, -0.15) is 0 Å². The molecule has 0 saturated carbocycles. The van der Waals surface area contributed by atoms with Crippen molar-refractivity contribution < 1.29 is 9.59 Å². The van der Waals surface area contributed by atoms with Crippen molar-refractivity contribution in [3.05, 3.63) is 47.2 Å². The van der Waals surface area contributed by atoms with Crippen molar-refractivity contribution in [3.63, 3.8) is 0 Å². The normalized spacial score (nSPS) is 11.8. The van der Waals surface area contributed by atoms with E-state index in [1.165, 1.54) is 30.0 Å². The van der Waals surface area contributed by atoms with E-state index in [1.807, 2.05) is 54.1 Å². The second-order valence-corrected chi connectivity index (χ2v) is 8.69. The highest BCUT2D eigenvalue weighted by Gasteiger charge is 2.16. The van der Waals surface area contributed by atoms with Gasteiger partial charge < -0.3 is 10.6 Å². The number of benzene rings is 1. The summed E-state index contributed by atoms with van der Waals surface area (Å²) >= 11 is 4.50. The quantitative estimate of drug-likeness (QED) is 0.571. The molecule has 0 aliphatic rings. The fraction of sp³-hybridized carbons (Fsp3) is 0.167. The summed E-state index contributed by atoms with van der Waals surface area (Å²) in [5.74, 6) is -0.198. The summed E-state index contributed by atoms with van der Waals surface area (Å²) in [7, 11) is 0. The van der Waals surface area contributed by atoms with Crippen LogP contribution in [0.25, 0.3) is 10.6 Å². The van der Waals surface area contributed by atoms with E-state index in [0.29, 0.717) is 5.13 Å². The molecule has 0 bridgehead atoms. The Labute approximate surface area is 163 Å². The van der Waals surface area contributed by atoms with Gasteiger partial charge in [0.25, 0.3) is 0 Å². The van der Waals surface area contributed by atoms with Crippen LogP contribution in [-0.2, 0) is 9.59 Å². The highest BCUT2D eigenvalue weighted by molar-refractivity contribution is 8.00. The molecule has 5 nitrogen and oxygen atoms in total. The number of thiazole rings is 1. The molecule has 0 spiro atoms. The van der Waals surface area contributed by atoms with E-state index in [-0.39, 0.29) is 17.1 Å². The van der Waals surface area contributed by atoms with Gasteiger partial charge in [0, 0.05) is 22.9 Å². The molecule has 0 radical (unpaired) electrons. The maximum Gasteiger partial charge on any atom is 0.239 e. The van der Waals surface area contributed by atoms with Crippen LogP contribution in [0.3, 0.4) is 0 Å². The van der Waals surface area contributed by atoms with Crippen molar-refractivity contribution in [1.29, 1.82) is 0 Å². The fourth-order valence-electron chi connectivity index (χ4n) is 2.15. The number of carbonyl (C=O) groups excluding carboxylic acids is 2. The molecule has 3 aromatic rings. The highest BCUT2D eigenvalue weighted by Crippen LogP contribution is 2.29.